The smallest absolute Gasteiger partial charge is 0.317 e. The van der Waals surface area contributed by atoms with E-state index in [1.807, 2.05) is 24.3 Å². The van der Waals surface area contributed by atoms with Gasteiger partial charge >= 0.3 is 6.03 Å². The van der Waals surface area contributed by atoms with E-state index in [9.17, 15) is 9.18 Å². The second kappa shape index (κ2) is 7.45. The van der Waals surface area contributed by atoms with Crippen LogP contribution < -0.4 is 5.32 Å². The predicted molar refractivity (Wildman–Crippen MR) is 89.9 cm³/mol. The molecule has 0 aliphatic carbocycles. The largest absolute Gasteiger partial charge is 0.392 e. The van der Waals surface area contributed by atoms with Crippen molar-refractivity contribution in [2.24, 2.45) is 0 Å². The average molecular weight is 328 g/mol. The molecule has 0 spiro atoms. The Morgan fingerprint density at radius 1 is 1.21 bits per heavy atom. The maximum atomic E-state index is 13.0. The van der Waals surface area contributed by atoms with Gasteiger partial charge in [0.05, 0.1) is 6.61 Å². The summed E-state index contributed by atoms with van der Waals surface area (Å²) >= 11 is 0. The Kier molecular flexibility index (Phi) is 5.11. The molecule has 4 nitrogen and oxygen atoms in total. The van der Waals surface area contributed by atoms with Crippen molar-refractivity contribution in [2.75, 3.05) is 13.1 Å². The number of amides is 2. The molecule has 1 aliphatic rings. The van der Waals surface area contributed by atoms with Crippen molar-refractivity contribution >= 4 is 6.03 Å². The van der Waals surface area contributed by atoms with E-state index in [0.29, 0.717) is 19.6 Å². The summed E-state index contributed by atoms with van der Waals surface area (Å²) in [4.78, 5) is 14.1. The number of benzene rings is 2. The Bertz CT molecular complexity index is 703. The zero-order valence-electron chi connectivity index (χ0n) is 13.4. The lowest BCUT2D eigenvalue weighted by Crippen LogP contribution is -2.37. The molecule has 2 aromatic carbocycles. The third-order valence-corrected chi connectivity index (χ3v) is 4.43. The maximum absolute atomic E-state index is 13.0. The first kappa shape index (κ1) is 16.5. The molecule has 3 rings (SSSR count). The van der Waals surface area contributed by atoms with Crippen LogP contribution in [-0.4, -0.2) is 29.1 Å². The molecule has 1 aliphatic heterocycles. The van der Waals surface area contributed by atoms with Crippen LogP contribution in [0.5, 0.6) is 0 Å². The highest BCUT2D eigenvalue weighted by Gasteiger charge is 2.27. The molecule has 5 heteroatoms. The zero-order chi connectivity index (χ0) is 16.9. The number of urea groups is 1. The number of halogens is 1. The molecule has 0 radical (unpaired) electrons. The van der Waals surface area contributed by atoms with Gasteiger partial charge in [0.1, 0.15) is 5.82 Å². The van der Waals surface area contributed by atoms with E-state index in [4.69, 9.17) is 5.11 Å². The summed E-state index contributed by atoms with van der Waals surface area (Å²) in [6.45, 7) is 1.77. The first-order valence-electron chi connectivity index (χ1n) is 8.12. The van der Waals surface area contributed by atoms with Gasteiger partial charge in [-0.3, -0.25) is 0 Å². The third kappa shape index (κ3) is 3.92. The average Bonchev–Trinajstić information content (AvgIpc) is 3.10. The first-order chi connectivity index (χ1) is 11.7. The SMILES string of the molecule is O=C(NCc1cccc(CO)c1)N1CCC(c2ccc(F)cc2)C1. The number of rotatable bonds is 4. The van der Waals surface area contributed by atoms with Crippen LogP contribution in [0.25, 0.3) is 0 Å². The van der Waals surface area contributed by atoms with Gasteiger partial charge in [0.2, 0.25) is 0 Å². The lowest BCUT2D eigenvalue weighted by molar-refractivity contribution is 0.208. The maximum Gasteiger partial charge on any atom is 0.317 e. The van der Waals surface area contributed by atoms with Crippen molar-refractivity contribution in [3.8, 4) is 0 Å². The summed E-state index contributed by atoms with van der Waals surface area (Å²) in [6, 6.07) is 13.9. The van der Waals surface area contributed by atoms with Gasteiger partial charge in [-0.2, -0.15) is 0 Å². The molecular weight excluding hydrogens is 307 g/mol. The van der Waals surface area contributed by atoms with Crippen molar-refractivity contribution in [1.82, 2.24) is 10.2 Å². The molecule has 0 saturated carbocycles. The van der Waals surface area contributed by atoms with E-state index < -0.39 is 0 Å². The second-order valence-corrected chi connectivity index (χ2v) is 6.12. The van der Waals surface area contributed by atoms with Gasteiger partial charge in [0, 0.05) is 25.6 Å². The quantitative estimate of drug-likeness (QED) is 0.906. The molecule has 2 aromatic rings. The molecule has 2 N–H and O–H groups in total. The van der Waals surface area contributed by atoms with Crippen LogP contribution in [0.15, 0.2) is 48.5 Å². The normalized spacial score (nSPS) is 17.1. The van der Waals surface area contributed by atoms with E-state index in [1.54, 1.807) is 17.0 Å². The Labute approximate surface area is 140 Å². The zero-order valence-corrected chi connectivity index (χ0v) is 13.4. The van der Waals surface area contributed by atoms with Crippen molar-refractivity contribution in [1.29, 1.82) is 0 Å². The molecule has 126 valence electrons. The summed E-state index contributed by atoms with van der Waals surface area (Å²) in [5, 5.41) is 12.1. The molecule has 1 atom stereocenters. The molecular formula is C19H21FN2O2. The number of aliphatic hydroxyl groups is 1. The molecule has 1 saturated heterocycles. The van der Waals surface area contributed by atoms with Gasteiger partial charge in [-0.1, -0.05) is 36.4 Å². The van der Waals surface area contributed by atoms with Crippen LogP contribution in [-0.2, 0) is 13.2 Å². The Hall–Kier alpha value is -2.40. The van der Waals surface area contributed by atoms with E-state index in [1.165, 1.54) is 12.1 Å². The molecule has 2 amide bonds. The minimum absolute atomic E-state index is 0.00669. The van der Waals surface area contributed by atoms with Gasteiger partial charge < -0.3 is 15.3 Å². The Morgan fingerprint density at radius 2 is 1.96 bits per heavy atom. The third-order valence-electron chi connectivity index (χ3n) is 4.43. The van der Waals surface area contributed by atoms with Crippen molar-refractivity contribution in [3.63, 3.8) is 0 Å². The van der Waals surface area contributed by atoms with Crippen molar-refractivity contribution in [2.45, 2.75) is 25.5 Å². The summed E-state index contributed by atoms with van der Waals surface area (Å²) in [5.41, 5.74) is 2.87. The number of carbonyl (C=O) groups excluding carboxylic acids is 1. The van der Waals surface area contributed by atoms with Crippen LogP contribution in [0.2, 0.25) is 0 Å². The number of aliphatic hydroxyl groups excluding tert-OH is 1. The van der Waals surface area contributed by atoms with Crippen LogP contribution in [0, 0.1) is 5.82 Å². The summed E-state index contributed by atoms with van der Waals surface area (Å²) in [5.74, 6) is 0.0190. The minimum Gasteiger partial charge on any atom is -0.392 e. The summed E-state index contributed by atoms with van der Waals surface area (Å²) < 4.78 is 13.0. The van der Waals surface area contributed by atoms with E-state index in [2.05, 4.69) is 5.32 Å². The Morgan fingerprint density at radius 3 is 2.71 bits per heavy atom. The topological polar surface area (TPSA) is 52.6 Å². The van der Waals surface area contributed by atoms with Crippen LogP contribution in [0.3, 0.4) is 0 Å². The predicted octanol–water partition coefficient (Wildman–Crippen LogP) is 3.02. The summed E-state index contributed by atoms with van der Waals surface area (Å²) in [6.07, 6.45) is 0.888. The van der Waals surface area contributed by atoms with Crippen molar-refractivity contribution in [3.05, 3.63) is 71.0 Å². The minimum atomic E-state index is -0.239. The van der Waals surface area contributed by atoms with E-state index >= 15 is 0 Å². The number of nitrogens with one attached hydrogen (secondary N) is 1. The lowest BCUT2D eigenvalue weighted by atomic mass is 9.99. The molecule has 24 heavy (non-hydrogen) atoms. The van der Waals surface area contributed by atoms with Crippen LogP contribution >= 0.6 is 0 Å². The highest BCUT2D eigenvalue weighted by molar-refractivity contribution is 5.74. The fraction of sp³-hybridized carbons (Fsp3) is 0.316. The number of likely N-dealkylation sites (tertiary alicyclic amines) is 1. The van der Waals surface area contributed by atoms with Gasteiger partial charge in [0.25, 0.3) is 0 Å². The number of hydrogen-bond acceptors (Lipinski definition) is 2. The Balaban J connectivity index is 1.53. The van der Waals surface area contributed by atoms with Crippen LogP contribution in [0.4, 0.5) is 9.18 Å². The van der Waals surface area contributed by atoms with Gasteiger partial charge in [-0.05, 0) is 35.2 Å². The number of carbonyl (C=O) groups is 1. The molecule has 1 heterocycles. The van der Waals surface area contributed by atoms with Gasteiger partial charge in [-0.15, -0.1) is 0 Å². The molecule has 0 aromatic heterocycles. The monoisotopic (exact) mass is 328 g/mol. The van der Waals surface area contributed by atoms with Crippen LogP contribution in [0.1, 0.15) is 29.0 Å². The van der Waals surface area contributed by atoms with Gasteiger partial charge in [-0.25, -0.2) is 9.18 Å². The van der Waals surface area contributed by atoms with E-state index in [0.717, 1.165) is 23.1 Å². The van der Waals surface area contributed by atoms with Crippen molar-refractivity contribution < 1.29 is 14.3 Å². The fourth-order valence-electron chi connectivity index (χ4n) is 3.08. The molecule has 0 bridgehead atoms. The molecule has 1 unspecified atom stereocenters. The second-order valence-electron chi connectivity index (χ2n) is 6.12. The molecule has 1 fully saturated rings. The number of nitrogens with zero attached hydrogens (tertiary/aromatic N) is 1. The first-order valence-corrected chi connectivity index (χ1v) is 8.12. The number of hydrogen-bond donors (Lipinski definition) is 2. The lowest BCUT2D eigenvalue weighted by Gasteiger charge is -2.18. The van der Waals surface area contributed by atoms with E-state index in [-0.39, 0.29) is 24.4 Å². The highest BCUT2D eigenvalue weighted by atomic mass is 19.1. The van der Waals surface area contributed by atoms with Gasteiger partial charge in [0.15, 0.2) is 0 Å². The highest BCUT2D eigenvalue weighted by Crippen LogP contribution is 2.27. The fourth-order valence-corrected chi connectivity index (χ4v) is 3.08. The summed E-state index contributed by atoms with van der Waals surface area (Å²) in [7, 11) is 0. The standard InChI is InChI=1S/C19H21FN2O2/c20-18-6-4-16(5-7-18)17-8-9-22(12-17)19(24)21-11-14-2-1-3-15(10-14)13-23/h1-7,10,17,23H,8-9,11-13H2,(H,21,24).